The minimum atomic E-state index is -0.666. The molecule has 0 saturated heterocycles. The molecule has 8 nitrogen and oxygen atoms in total. The van der Waals surface area contributed by atoms with E-state index >= 15 is 0 Å². The summed E-state index contributed by atoms with van der Waals surface area (Å²) in [6.07, 6.45) is 7.12. The third-order valence-electron chi connectivity index (χ3n) is 3.93. The monoisotopic (exact) mass is 350 g/mol. The summed E-state index contributed by atoms with van der Waals surface area (Å²) in [5.41, 5.74) is 2.04. The van der Waals surface area contributed by atoms with Crippen molar-refractivity contribution in [3.63, 3.8) is 0 Å². The van der Waals surface area contributed by atoms with E-state index in [2.05, 4.69) is 31.3 Å². The highest BCUT2D eigenvalue weighted by molar-refractivity contribution is 5.67. The molecule has 25 heavy (non-hydrogen) atoms. The molecule has 1 atom stereocenters. The number of hydrogen-bond donors (Lipinski definition) is 1. The van der Waals surface area contributed by atoms with E-state index in [9.17, 15) is 20.2 Å². The van der Waals surface area contributed by atoms with Crippen molar-refractivity contribution in [1.82, 2.24) is 0 Å². The average Bonchev–Trinajstić information content (AvgIpc) is 2.53. The molecule has 0 aliphatic heterocycles. The van der Waals surface area contributed by atoms with E-state index in [-0.39, 0.29) is 17.1 Å². The molecular formula is C17H26N4O4. The van der Waals surface area contributed by atoms with Crippen LogP contribution < -0.4 is 5.43 Å². The number of nitro groups is 2. The molecule has 0 unspecified atom stereocenters. The van der Waals surface area contributed by atoms with E-state index in [0.29, 0.717) is 5.92 Å². The second-order valence-electron chi connectivity index (χ2n) is 6.65. The van der Waals surface area contributed by atoms with Crippen molar-refractivity contribution in [3.05, 3.63) is 38.4 Å². The number of nitrogens with zero attached hydrogens (tertiary/aromatic N) is 3. The molecule has 138 valence electrons. The van der Waals surface area contributed by atoms with Crippen molar-refractivity contribution in [2.75, 3.05) is 5.43 Å². The molecule has 1 rings (SSSR count). The lowest BCUT2D eigenvalue weighted by Crippen LogP contribution is -1.99. The minimum absolute atomic E-state index is 0.136. The fraction of sp³-hybridized carbons (Fsp3) is 0.588. The highest BCUT2D eigenvalue weighted by Crippen LogP contribution is 2.28. The molecule has 0 amide bonds. The van der Waals surface area contributed by atoms with Crippen molar-refractivity contribution in [1.29, 1.82) is 0 Å². The van der Waals surface area contributed by atoms with Gasteiger partial charge in [0, 0.05) is 12.3 Å². The smallest absolute Gasteiger partial charge is 0.272 e. The minimum Gasteiger partial charge on any atom is -0.272 e. The second kappa shape index (κ2) is 10.4. The molecular weight excluding hydrogens is 324 g/mol. The van der Waals surface area contributed by atoms with Crippen molar-refractivity contribution in [2.45, 2.75) is 52.9 Å². The summed E-state index contributed by atoms with van der Waals surface area (Å²) < 4.78 is 0. The Hall–Kier alpha value is -2.51. The number of nitro benzene ring substituents is 2. The largest absolute Gasteiger partial charge is 0.301 e. The van der Waals surface area contributed by atoms with Crippen LogP contribution in [0.3, 0.4) is 0 Å². The van der Waals surface area contributed by atoms with Crippen LogP contribution in [0.5, 0.6) is 0 Å². The van der Waals surface area contributed by atoms with Gasteiger partial charge in [-0.25, -0.2) is 0 Å². The lowest BCUT2D eigenvalue weighted by molar-refractivity contribution is -0.393. The summed E-state index contributed by atoms with van der Waals surface area (Å²) in [4.78, 5) is 20.4. The first-order chi connectivity index (χ1) is 11.8. The van der Waals surface area contributed by atoms with Gasteiger partial charge in [0.2, 0.25) is 0 Å². The summed E-state index contributed by atoms with van der Waals surface area (Å²) in [5, 5.41) is 25.7. The normalized spacial score (nSPS) is 12.5. The Balaban J connectivity index is 2.48. The van der Waals surface area contributed by atoms with Gasteiger partial charge in [0.05, 0.1) is 15.9 Å². The van der Waals surface area contributed by atoms with Gasteiger partial charge in [-0.3, -0.25) is 25.7 Å². The number of hydrazone groups is 1. The molecule has 0 spiro atoms. The van der Waals surface area contributed by atoms with Gasteiger partial charge in [-0.15, -0.1) is 0 Å². The number of benzene rings is 1. The Labute approximate surface area is 147 Å². The first-order valence-electron chi connectivity index (χ1n) is 8.51. The highest BCUT2D eigenvalue weighted by Gasteiger charge is 2.18. The summed E-state index contributed by atoms with van der Waals surface area (Å²) in [6.45, 7) is 6.66. The maximum Gasteiger partial charge on any atom is 0.301 e. The molecule has 1 aromatic rings. The van der Waals surface area contributed by atoms with E-state index < -0.39 is 9.85 Å². The first kappa shape index (κ1) is 20.5. The lowest BCUT2D eigenvalue weighted by Gasteiger charge is -2.10. The van der Waals surface area contributed by atoms with E-state index in [1.807, 2.05) is 0 Å². The molecule has 0 aliphatic rings. The summed E-state index contributed by atoms with van der Waals surface area (Å²) in [5.74, 6) is 1.34. The highest BCUT2D eigenvalue weighted by atomic mass is 16.6. The zero-order chi connectivity index (χ0) is 18.8. The molecule has 1 N–H and O–H groups in total. The SMILES string of the molecule is CC(C)CCC[C@H](C)CC/C=N/Nc1ccc([N+](=O)[O-])cc1[N+](=O)[O-]. The predicted molar refractivity (Wildman–Crippen MR) is 99.0 cm³/mol. The third-order valence-corrected chi connectivity index (χ3v) is 3.93. The molecule has 8 heteroatoms. The lowest BCUT2D eigenvalue weighted by atomic mass is 9.96. The summed E-state index contributed by atoms with van der Waals surface area (Å²) >= 11 is 0. The number of nitrogens with one attached hydrogen (secondary N) is 1. The van der Waals surface area contributed by atoms with E-state index in [4.69, 9.17) is 0 Å². The fourth-order valence-corrected chi connectivity index (χ4v) is 2.44. The van der Waals surface area contributed by atoms with Gasteiger partial charge in [-0.2, -0.15) is 5.10 Å². The molecule has 0 aromatic heterocycles. The zero-order valence-electron chi connectivity index (χ0n) is 15.0. The van der Waals surface area contributed by atoms with Gasteiger partial charge in [-0.05, 0) is 30.7 Å². The number of non-ortho nitro benzene ring substituents is 1. The second-order valence-corrected chi connectivity index (χ2v) is 6.65. The fourth-order valence-electron chi connectivity index (χ4n) is 2.44. The Morgan fingerprint density at radius 2 is 1.84 bits per heavy atom. The van der Waals surface area contributed by atoms with Crippen LogP contribution in [0, 0.1) is 32.1 Å². The van der Waals surface area contributed by atoms with Gasteiger partial charge in [0.15, 0.2) is 0 Å². The molecule has 0 saturated carbocycles. The van der Waals surface area contributed by atoms with Crippen LogP contribution in [0.15, 0.2) is 23.3 Å². The van der Waals surface area contributed by atoms with Crippen LogP contribution in [0.25, 0.3) is 0 Å². The average molecular weight is 350 g/mol. The molecule has 0 radical (unpaired) electrons. The maximum atomic E-state index is 11.0. The van der Waals surface area contributed by atoms with Crippen LogP contribution >= 0.6 is 0 Å². The van der Waals surface area contributed by atoms with Crippen molar-refractivity contribution >= 4 is 23.3 Å². The van der Waals surface area contributed by atoms with E-state index in [1.54, 1.807) is 6.21 Å². The molecule has 1 aromatic carbocycles. The molecule has 0 bridgehead atoms. The van der Waals surface area contributed by atoms with Crippen molar-refractivity contribution < 1.29 is 9.85 Å². The van der Waals surface area contributed by atoms with Gasteiger partial charge in [0.25, 0.3) is 5.69 Å². The van der Waals surface area contributed by atoms with Gasteiger partial charge in [-0.1, -0.05) is 40.0 Å². The Morgan fingerprint density at radius 3 is 2.44 bits per heavy atom. The molecule has 0 heterocycles. The first-order valence-corrected chi connectivity index (χ1v) is 8.51. The zero-order valence-corrected chi connectivity index (χ0v) is 15.0. The third kappa shape index (κ3) is 7.73. The topological polar surface area (TPSA) is 111 Å². The van der Waals surface area contributed by atoms with E-state index in [0.717, 1.165) is 24.8 Å². The molecule has 0 fully saturated rings. The molecule has 0 aliphatic carbocycles. The maximum absolute atomic E-state index is 11.0. The van der Waals surface area contributed by atoms with Gasteiger partial charge < -0.3 is 0 Å². The van der Waals surface area contributed by atoms with Crippen LogP contribution in [0.4, 0.5) is 17.1 Å². The van der Waals surface area contributed by atoms with Crippen molar-refractivity contribution in [2.24, 2.45) is 16.9 Å². The Morgan fingerprint density at radius 1 is 1.12 bits per heavy atom. The standard InChI is InChI=1S/C17H26N4O4/c1-13(2)6-4-7-14(3)8-5-11-18-19-16-10-9-15(20(22)23)12-17(16)21(24)25/h9-14,19H,4-8H2,1-3H3/b18-11+/t14-/m0/s1. The number of hydrogen-bond acceptors (Lipinski definition) is 6. The summed E-state index contributed by atoms with van der Waals surface area (Å²) in [6, 6.07) is 3.43. The predicted octanol–water partition coefficient (Wildman–Crippen LogP) is 5.14. The van der Waals surface area contributed by atoms with Crippen LogP contribution in [0.2, 0.25) is 0 Å². The Bertz CT molecular complexity index is 617. The van der Waals surface area contributed by atoms with Gasteiger partial charge in [0.1, 0.15) is 5.69 Å². The van der Waals surface area contributed by atoms with Crippen LogP contribution in [0.1, 0.15) is 52.9 Å². The van der Waals surface area contributed by atoms with E-state index in [1.165, 1.54) is 31.4 Å². The van der Waals surface area contributed by atoms with Crippen LogP contribution in [-0.4, -0.2) is 16.1 Å². The Kier molecular flexibility index (Phi) is 8.52. The quantitative estimate of drug-likeness (QED) is 0.337. The van der Waals surface area contributed by atoms with Gasteiger partial charge >= 0.3 is 5.69 Å². The number of rotatable bonds is 11. The summed E-state index contributed by atoms with van der Waals surface area (Å²) in [7, 11) is 0. The van der Waals surface area contributed by atoms with Crippen molar-refractivity contribution in [3.8, 4) is 0 Å². The number of anilines is 1. The van der Waals surface area contributed by atoms with Crippen LogP contribution in [-0.2, 0) is 0 Å².